The SMILES string of the molecule is CCCC(C(=O)N(C)Cc1ccc(OC)cc1)C(N)=S. The van der Waals surface area contributed by atoms with Gasteiger partial charge in [-0.1, -0.05) is 37.7 Å². The zero-order valence-corrected chi connectivity index (χ0v) is 13.1. The van der Waals surface area contributed by atoms with E-state index in [-0.39, 0.29) is 16.8 Å². The molecule has 1 amide bonds. The van der Waals surface area contributed by atoms with E-state index in [2.05, 4.69) is 0 Å². The summed E-state index contributed by atoms with van der Waals surface area (Å²) in [5.74, 6) is 0.420. The highest BCUT2D eigenvalue weighted by Crippen LogP contribution is 2.15. The standard InChI is InChI=1S/C15H22N2O2S/c1-4-5-13(14(16)20)15(18)17(2)10-11-6-8-12(19-3)9-7-11/h6-9,13H,4-5,10H2,1-3H3,(H2,16,20). The lowest BCUT2D eigenvalue weighted by Gasteiger charge is -2.23. The molecule has 0 bridgehead atoms. The van der Waals surface area contributed by atoms with Crippen LogP contribution in [-0.2, 0) is 11.3 Å². The van der Waals surface area contributed by atoms with E-state index < -0.39 is 0 Å². The minimum absolute atomic E-state index is 0.0184. The van der Waals surface area contributed by atoms with E-state index in [1.54, 1.807) is 19.1 Å². The van der Waals surface area contributed by atoms with Crippen LogP contribution in [0.1, 0.15) is 25.3 Å². The monoisotopic (exact) mass is 294 g/mol. The lowest BCUT2D eigenvalue weighted by atomic mass is 10.0. The Bertz CT molecular complexity index is 459. The Morgan fingerprint density at radius 2 is 2.00 bits per heavy atom. The van der Waals surface area contributed by atoms with Gasteiger partial charge in [-0.3, -0.25) is 4.79 Å². The van der Waals surface area contributed by atoms with Crippen molar-refractivity contribution >= 4 is 23.1 Å². The van der Waals surface area contributed by atoms with Crippen LogP contribution in [0.2, 0.25) is 0 Å². The summed E-state index contributed by atoms with van der Waals surface area (Å²) in [5, 5.41) is 0. The second-order valence-electron chi connectivity index (χ2n) is 4.79. The maximum Gasteiger partial charge on any atom is 0.232 e. The van der Waals surface area contributed by atoms with Gasteiger partial charge in [0.2, 0.25) is 5.91 Å². The number of amides is 1. The molecule has 110 valence electrons. The first-order valence-corrected chi connectivity index (χ1v) is 7.07. The van der Waals surface area contributed by atoms with Crippen molar-refractivity contribution < 1.29 is 9.53 Å². The summed E-state index contributed by atoms with van der Waals surface area (Å²) in [6.07, 6.45) is 1.57. The highest BCUT2D eigenvalue weighted by Gasteiger charge is 2.23. The van der Waals surface area contributed by atoms with Crippen molar-refractivity contribution in [3.05, 3.63) is 29.8 Å². The molecule has 1 rings (SSSR count). The van der Waals surface area contributed by atoms with Crippen molar-refractivity contribution in [1.29, 1.82) is 0 Å². The van der Waals surface area contributed by atoms with Gasteiger partial charge in [-0.25, -0.2) is 0 Å². The van der Waals surface area contributed by atoms with Crippen LogP contribution >= 0.6 is 12.2 Å². The number of benzene rings is 1. The molecule has 0 fully saturated rings. The van der Waals surface area contributed by atoms with E-state index in [1.807, 2.05) is 31.2 Å². The van der Waals surface area contributed by atoms with Crippen LogP contribution < -0.4 is 10.5 Å². The molecule has 4 nitrogen and oxygen atoms in total. The van der Waals surface area contributed by atoms with Crippen molar-refractivity contribution in [2.45, 2.75) is 26.3 Å². The van der Waals surface area contributed by atoms with Gasteiger partial charge in [0.1, 0.15) is 5.75 Å². The molecule has 1 unspecified atom stereocenters. The van der Waals surface area contributed by atoms with Crippen LogP contribution in [0.25, 0.3) is 0 Å². The van der Waals surface area contributed by atoms with Crippen LogP contribution in [0.5, 0.6) is 5.75 Å². The van der Waals surface area contributed by atoms with E-state index in [4.69, 9.17) is 22.7 Å². The molecular weight excluding hydrogens is 272 g/mol. The fourth-order valence-corrected chi connectivity index (χ4v) is 2.24. The summed E-state index contributed by atoms with van der Waals surface area (Å²) in [7, 11) is 3.40. The normalized spacial score (nSPS) is 11.8. The summed E-state index contributed by atoms with van der Waals surface area (Å²) in [4.78, 5) is 14.3. The van der Waals surface area contributed by atoms with Gasteiger partial charge >= 0.3 is 0 Å². The van der Waals surface area contributed by atoms with Crippen LogP contribution in [0, 0.1) is 5.92 Å². The molecule has 0 aromatic heterocycles. The Labute approximate surface area is 125 Å². The number of carbonyl (C=O) groups excluding carboxylic acids is 1. The van der Waals surface area contributed by atoms with Crippen molar-refractivity contribution in [1.82, 2.24) is 4.90 Å². The number of methoxy groups -OCH3 is 1. The first kappa shape index (κ1) is 16.4. The number of hydrogen-bond donors (Lipinski definition) is 1. The number of thiocarbonyl (C=S) groups is 1. The molecule has 0 aliphatic rings. The topological polar surface area (TPSA) is 55.6 Å². The molecule has 0 aliphatic carbocycles. The number of hydrogen-bond acceptors (Lipinski definition) is 3. The highest BCUT2D eigenvalue weighted by atomic mass is 32.1. The largest absolute Gasteiger partial charge is 0.497 e. The molecule has 0 aliphatic heterocycles. The molecule has 5 heteroatoms. The summed E-state index contributed by atoms with van der Waals surface area (Å²) < 4.78 is 5.11. The molecule has 0 saturated heterocycles. The molecular formula is C15H22N2O2S. The third-order valence-electron chi connectivity index (χ3n) is 3.17. The summed E-state index contributed by atoms with van der Waals surface area (Å²) in [6.45, 7) is 2.55. The van der Waals surface area contributed by atoms with Gasteiger partial charge in [0.05, 0.1) is 18.0 Å². The van der Waals surface area contributed by atoms with Crippen LogP contribution in [0.4, 0.5) is 0 Å². The van der Waals surface area contributed by atoms with Crippen molar-refractivity contribution in [3.63, 3.8) is 0 Å². The zero-order chi connectivity index (χ0) is 15.1. The highest BCUT2D eigenvalue weighted by molar-refractivity contribution is 7.80. The van der Waals surface area contributed by atoms with E-state index in [1.165, 1.54) is 0 Å². The molecule has 20 heavy (non-hydrogen) atoms. The Hall–Kier alpha value is -1.62. The smallest absolute Gasteiger partial charge is 0.232 e. The lowest BCUT2D eigenvalue weighted by Crippen LogP contribution is -2.38. The zero-order valence-electron chi connectivity index (χ0n) is 12.3. The van der Waals surface area contributed by atoms with Gasteiger partial charge < -0.3 is 15.4 Å². The minimum Gasteiger partial charge on any atom is -0.497 e. The molecule has 0 saturated carbocycles. The van der Waals surface area contributed by atoms with Gasteiger partial charge in [-0.05, 0) is 24.1 Å². The second-order valence-corrected chi connectivity index (χ2v) is 5.26. The first-order chi connectivity index (χ1) is 9.49. The molecule has 0 heterocycles. The lowest BCUT2D eigenvalue weighted by molar-refractivity contribution is -0.132. The summed E-state index contributed by atoms with van der Waals surface area (Å²) in [6, 6.07) is 7.64. The number of carbonyl (C=O) groups is 1. The second kappa shape index (κ2) is 7.85. The van der Waals surface area contributed by atoms with Crippen LogP contribution in [0.15, 0.2) is 24.3 Å². The number of ether oxygens (including phenoxy) is 1. The number of nitrogens with two attached hydrogens (primary N) is 1. The molecule has 0 spiro atoms. The van der Waals surface area contributed by atoms with Gasteiger partial charge in [0.25, 0.3) is 0 Å². The van der Waals surface area contributed by atoms with E-state index in [0.29, 0.717) is 13.0 Å². The fraction of sp³-hybridized carbons (Fsp3) is 0.467. The van der Waals surface area contributed by atoms with Gasteiger partial charge in [-0.2, -0.15) is 0 Å². The predicted octanol–water partition coefficient (Wildman–Crippen LogP) is 2.36. The quantitative estimate of drug-likeness (QED) is 0.784. The van der Waals surface area contributed by atoms with Gasteiger partial charge in [0.15, 0.2) is 0 Å². The molecule has 0 radical (unpaired) electrons. The third-order valence-corrected chi connectivity index (χ3v) is 3.46. The molecule has 2 N–H and O–H groups in total. The van der Waals surface area contributed by atoms with Crippen molar-refractivity contribution in [2.24, 2.45) is 11.7 Å². The van der Waals surface area contributed by atoms with Gasteiger partial charge in [-0.15, -0.1) is 0 Å². The average molecular weight is 294 g/mol. The van der Waals surface area contributed by atoms with Crippen molar-refractivity contribution in [3.8, 4) is 5.75 Å². The predicted molar refractivity (Wildman–Crippen MR) is 84.7 cm³/mol. The van der Waals surface area contributed by atoms with Gasteiger partial charge in [0, 0.05) is 13.6 Å². The third kappa shape index (κ3) is 4.49. The molecule has 1 aromatic rings. The maximum absolute atomic E-state index is 12.3. The molecule has 1 aromatic carbocycles. The Morgan fingerprint density at radius 1 is 1.40 bits per heavy atom. The Balaban J connectivity index is 2.70. The average Bonchev–Trinajstić information content (AvgIpc) is 2.44. The molecule has 1 atom stereocenters. The van der Waals surface area contributed by atoms with E-state index >= 15 is 0 Å². The Morgan fingerprint density at radius 3 is 2.45 bits per heavy atom. The first-order valence-electron chi connectivity index (χ1n) is 6.66. The summed E-state index contributed by atoms with van der Waals surface area (Å²) >= 11 is 4.99. The van der Waals surface area contributed by atoms with Crippen molar-refractivity contribution in [2.75, 3.05) is 14.2 Å². The number of rotatable bonds is 7. The van der Waals surface area contributed by atoms with E-state index in [9.17, 15) is 4.79 Å². The van der Waals surface area contributed by atoms with Crippen LogP contribution in [0.3, 0.4) is 0 Å². The minimum atomic E-state index is -0.363. The van der Waals surface area contributed by atoms with E-state index in [0.717, 1.165) is 17.7 Å². The summed E-state index contributed by atoms with van der Waals surface area (Å²) in [5.41, 5.74) is 6.70. The maximum atomic E-state index is 12.3. The Kier molecular flexibility index (Phi) is 6.45. The van der Waals surface area contributed by atoms with Crippen LogP contribution in [-0.4, -0.2) is 30.0 Å². The fourth-order valence-electron chi connectivity index (χ4n) is 2.02. The number of nitrogens with zero attached hydrogens (tertiary/aromatic N) is 1.